The van der Waals surface area contributed by atoms with Crippen molar-refractivity contribution in [3.63, 3.8) is 0 Å². The molecule has 14 heavy (non-hydrogen) atoms. The van der Waals surface area contributed by atoms with Gasteiger partial charge in [0.05, 0.1) is 13.3 Å². The van der Waals surface area contributed by atoms with Gasteiger partial charge in [-0.15, -0.1) is 0 Å². The van der Waals surface area contributed by atoms with Crippen LogP contribution in [0.15, 0.2) is 12.4 Å². The van der Waals surface area contributed by atoms with Gasteiger partial charge in [0, 0.05) is 11.6 Å². The van der Waals surface area contributed by atoms with E-state index in [4.69, 9.17) is 5.73 Å². The molecule has 76 valence electrons. The Morgan fingerprint density at radius 2 is 2.50 bits per heavy atom. The van der Waals surface area contributed by atoms with Crippen LogP contribution < -0.4 is 5.73 Å². The van der Waals surface area contributed by atoms with E-state index in [1.165, 1.54) is 7.11 Å². The van der Waals surface area contributed by atoms with Gasteiger partial charge in [-0.05, 0) is 18.4 Å². The van der Waals surface area contributed by atoms with Crippen LogP contribution >= 0.6 is 0 Å². The number of nitrogens with zero attached hydrogens (tertiary/aromatic N) is 1. The number of nitrogens with one attached hydrogen (secondary N) is 1. The summed E-state index contributed by atoms with van der Waals surface area (Å²) in [5, 5.41) is 6.59. The van der Waals surface area contributed by atoms with E-state index in [2.05, 4.69) is 14.9 Å². The van der Waals surface area contributed by atoms with Crippen molar-refractivity contribution in [1.29, 1.82) is 0 Å². The van der Waals surface area contributed by atoms with E-state index in [0.29, 0.717) is 0 Å². The predicted molar refractivity (Wildman–Crippen MR) is 49.5 cm³/mol. The van der Waals surface area contributed by atoms with Crippen LogP contribution in [0.25, 0.3) is 0 Å². The lowest BCUT2D eigenvalue weighted by Gasteiger charge is -2.19. The zero-order valence-corrected chi connectivity index (χ0v) is 7.99. The van der Waals surface area contributed by atoms with Gasteiger partial charge in [0.25, 0.3) is 0 Å². The molecule has 0 amide bonds. The maximum atomic E-state index is 11.3. The number of methoxy groups -OCH3 is 1. The third kappa shape index (κ3) is 1.21. The highest BCUT2D eigenvalue weighted by Gasteiger charge is 2.53. The summed E-state index contributed by atoms with van der Waals surface area (Å²) in [7, 11) is 1.35. The Morgan fingerprint density at radius 3 is 2.93 bits per heavy atom. The second-order valence-corrected chi connectivity index (χ2v) is 3.64. The fourth-order valence-electron chi connectivity index (χ4n) is 1.79. The molecule has 1 saturated carbocycles. The minimum Gasteiger partial charge on any atom is -0.468 e. The molecule has 0 spiro atoms. The van der Waals surface area contributed by atoms with Crippen molar-refractivity contribution >= 4 is 5.97 Å². The van der Waals surface area contributed by atoms with Crippen LogP contribution in [0, 0.1) is 0 Å². The minimum atomic E-state index is -0.579. The van der Waals surface area contributed by atoms with E-state index in [1.54, 1.807) is 12.4 Å². The number of hydrogen-bond donors (Lipinski definition) is 2. The third-order valence-corrected chi connectivity index (χ3v) is 2.91. The Labute approximate surface area is 81.6 Å². The average molecular weight is 195 g/mol. The number of nitrogens with two attached hydrogens (primary N) is 1. The van der Waals surface area contributed by atoms with Gasteiger partial charge in [-0.3, -0.25) is 9.89 Å². The summed E-state index contributed by atoms with van der Waals surface area (Å²) in [6, 6.07) is -0.579. The Bertz CT molecular complexity index is 330. The Hall–Kier alpha value is -1.36. The number of aromatic nitrogens is 2. The van der Waals surface area contributed by atoms with Crippen LogP contribution in [-0.4, -0.2) is 29.3 Å². The molecule has 0 saturated heterocycles. The summed E-state index contributed by atoms with van der Waals surface area (Å²) in [6.45, 7) is 0. The molecular weight excluding hydrogens is 182 g/mol. The first kappa shape index (κ1) is 9.21. The maximum absolute atomic E-state index is 11.3. The summed E-state index contributed by atoms with van der Waals surface area (Å²) in [6.07, 6.45) is 5.34. The Kier molecular flexibility index (Phi) is 2.03. The quantitative estimate of drug-likeness (QED) is 0.662. The first-order valence-corrected chi connectivity index (χ1v) is 4.53. The minimum absolute atomic E-state index is 0.236. The highest BCUT2D eigenvalue weighted by Crippen LogP contribution is 2.50. The predicted octanol–water partition coefficient (Wildman–Crippen LogP) is -0.0584. The van der Waals surface area contributed by atoms with Crippen molar-refractivity contribution in [1.82, 2.24) is 10.2 Å². The number of hydrogen-bond acceptors (Lipinski definition) is 4. The van der Waals surface area contributed by atoms with Gasteiger partial charge in [0.15, 0.2) is 0 Å². The molecular formula is C9H13N3O2. The van der Waals surface area contributed by atoms with Gasteiger partial charge in [-0.1, -0.05) is 0 Å². The van der Waals surface area contributed by atoms with Crippen molar-refractivity contribution < 1.29 is 9.53 Å². The standard InChI is InChI=1S/C9H13N3O2/c1-14-8(13)7(10)9(2-3-9)6-4-11-12-5-6/h4-5,7H,2-3,10H2,1H3,(H,11,12). The van der Waals surface area contributed by atoms with Crippen LogP contribution in [0.1, 0.15) is 18.4 Å². The summed E-state index contributed by atoms with van der Waals surface area (Å²) in [5.74, 6) is -0.358. The smallest absolute Gasteiger partial charge is 0.323 e. The summed E-state index contributed by atoms with van der Waals surface area (Å²) in [5.41, 5.74) is 6.60. The molecule has 1 aromatic rings. The van der Waals surface area contributed by atoms with Crippen LogP contribution in [0.5, 0.6) is 0 Å². The zero-order valence-electron chi connectivity index (χ0n) is 7.99. The summed E-state index contributed by atoms with van der Waals surface area (Å²) in [4.78, 5) is 11.3. The molecule has 3 N–H and O–H groups in total. The molecule has 1 aliphatic carbocycles. The zero-order chi connectivity index (χ0) is 10.2. The van der Waals surface area contributed by atoms with Crippen molar-refractivity contribution in [2.24, 2.45) is 5.73 Å². The van der Waals surface area contributed by atoms with Gasteiger partial charge in [-0.2, -0.15) is 5.10 Å². The molecule has 1 atom stereocenters. The molecule has 0 aromatic carbocycles. The van der Waals surface area contributed by atoms with E-state index in [9.17, 15) is 4.79 Å². The van der Waals surface area contributed by atoms with E-state index in [0.717, 1.165) is 18.4 Å². The number of H-pyrrole nitrogens is 1. The van der Waals surface area contributed by atoms with Gasteiger partial charge < -0.3 is 10.5 Å². The second-order valence-electron chi connectivity index (χ2n) is 3.64. The normalized spacial score (nSPS) is 20.1. The van der Waals surface area contributed by atoms with Gasteiger partial charge in [-0.25, -0.2) is 0 Å². The fraction of sp³-hybridized carbons (Fsp3) is 0.556. The molecule has 1 heterocycles. The number of aromatic amines is 1. The SMILES string of the molecule is COC(=O)C(N)C1(c2cn[nH]c2)CC1. The highest BCUT2D eigenvalue weighted by molar-refractivity contribution is 5.78. The van der Waals surface area contributed by atoms with Gasteiger partial charge >= 0.3 is 5.97 Å². The first-order chi connectivity index (χ1) is 6.70. The van der Waals surface area contributed by atoms with Crippen molar-refractivity contribution in [2.75, 3.05) is 7.11 Å². The van der Waals surface area contributed by atoms with Crippen LogP contribution in [0.2, 0.25) is 0 Å². The molecule has 0 aliphatic heterocycles. The molecule has 1 aliphatic rings. The maximum Gasteiger partial charge on any atom is 0.323 e. The van der Waals surface area contributed by atoms with E-state index in [1.807, 2.05) is 0 Å². The average Bonchev–Trinajstić information content (AvgIpc) is 2.84. The van der Waals surface area contributed by atoms with Crippen LogP contribution in [0.3, 0.4) is 0 Å². The Balaban J connectivity index is 2.21. The van der Waals surface area contributed by atoms with E-state index < -0.39 is 6.04 Å². The topological polar surface area (TPSA) is 81.0 Å². The largest absolute Gasteiger partial charge is 0.468 e. The molecule has 2 rings (SSSR count). The van der Waals surface area contributed by atoms with Crippen molar-refractivity contribution in [3.05, 3.63) is 18.0 Å². The third-order valence-electron chi connectivity index (χ3n) is 2.91. The molecule has 0 bridgehead atoms. The summed E-state index contributed by atoms with van der Waals surface area (Å²) >= 11 is 0. The molecule has 1 unspecified atom stereocenters. The number of esters is 1. The first-order valence-electron chi connectivity index (χ1n) is 4.53. The number of carbonyl (C=O) groups excluding carboxylic acids is 1. The monoisotopic (exact) mass is 195 g/mol. The molecule has 1 aromatic heterocycles. The summed E-state index contributed by atoms with van der Waals surface area (Å²) < 4.78 is 4.64. The highest BCUT2D eigenvalue weighted by atomic mass is 16.5. The van der Waals surface area contributed by atoms with E-state index >= 15 is 0 Å². The molecule has 1 fully saturated rings. The van der Waals surface area contributed by atoms with Crippen LogP contribution in [-0.2, 0) is 14.9 Å². The molecule has 5 heteroatoms. The Morgan fingerprint density at radius 1 is 1.79 bits per heavy atom. The fourth-order valence-corrected chi connectivity index (χ4v) is 1.79. The lowest BCUT2D eigenvalue weighted by molar-refractivity contribution is -0.143. The lowest BCUT2D eigenvalue weighted by Crippen LogP contribution is -2.42. The van der Waals surface area contributed by atoms with E-state index in [-0.39, 0.29) is 11.4 Å². The molecule has 0 radical (unpaired) electrons. The second kappa shape index (κ2) is 3.09. The van der Waals surface area contributed by atoms with Crippen LogP contribution in [0.4, 0.5) is 0 Å². The van der Waals surface area contributed by atoms with Crippen molar-refractivity contribution in [2.45, 2.75) is 24.3 Å². The molecule has 5 nitrogen and oxygen atoms in total. The van der Waals surface area contributed by atoms with Gasteiger partial charge in [0.1, 0.15) is 6.04 Å². The number of rotatable bonds is 3. The lowest BCUT2D eigenvalue weighted by atomic mass is 9.91. The van der Waals surface area contributed by atoms with Crippen molar-refractivity contribution in [3.8, 4) is 0 Å². The number of carbonyl (C=O) groups is 1. The van der Waals surface area contributed by atoms with Gasteiger partial charge in [0.2, 0.25) is 0 Å². The number of ether oxygens (including phenoxy) is 1.